The van der Waals surface area contributed by atoms with E-state index in [1.165, 1.54) is 11.5 Å². The molecule has 6 heteroatoms. The highest BCUT2D eigenvalue weighted by molar-refractivity contribution is 8.06. The molecule has 0 aromatic carbocycles. The molecular weight excluding hydrogens is 278 g/mol. The number of hydrogen-bond donors (Lipinski definition) is 2. The Morgan fingerprint density at radius 3 is 3.00 bits per heavy atom. The number of hydrogen-bond acceptors (Lipinski definition) is 4. The van der Waals surface area contributed by atoms with Crippen LogP contribution in [0.25, 0.3) is 0 Å². The summed E-state index contributed by atoms with van der Waals surface area (Å²) >= 11 is 3.94. The number of carbonyl (C=O) groups is 1. The lowest BCUT2D eigenvalue weighted by Gasteiger charge is -2.21. The zero-order valence-corrected chi connectivity index (χ0v) is 12.4. The number of amides is 1. The summed E-state index contributed by atoms with van der Waals surface area (Å²) in [7, 11) is 0. The summed E-state index contributed by atoms with van der Waals surface area (Å²) in [6.45, 7) is 0.756. The van der Waals surface area contributed by atoms with Crippen LogP contribution in [-0.2, 0) is 0 Å². The average molecular weight is 297 g/mol. The van der Waals surface area contributed by atoms with E-state index in [9.17, 15) is 4.79 Å². The molecule has 1 aromatic heterocycles. The van der Waals surface area contributed by atoms with Crippen LogP contribution in [-0.4, -0.2) is 39.5 Å². The maximum absolute atomic E-state index is 12.3. The third-order valence-corrected chi connectivity index (χ3v) is 6.26. The third kappa shape index (κ3) is 3.23. The number of carbonyl (C=O) groups excluding carboxylic acids is 1. The second-order valence-corrected chi connectivity index (χ2v) is 7.63. The number of aromatic nitrogens is 1. The van der Waals surface area contributed by atoms with Gasteiger partial charge in [-0.05, 0) is 18.9 Å². The monoisotopic (exact) mass is 297 g/mol. The summed E-state index contributed by atoms with van der Waals surface area (Å²) < 4.78 is 2.04. The Hall–Kier alpha value is -0.750. The van der Waals surface area contributed by atoms with E-state index in [-0.39, 0.29) is 5.91 Å². The van der Waals surface area contributed by atoms with E-state index in [0.717, 1.165) is 25.1 Å². The number of nitrogens with two attached hydrogens (primary N) is 1. The minimum Gasteiger partial charge on any atom is -0.397 e. The fraction of sp³-hybridized carbons (Fsp3) is 0.615. The molecule has 1 amide bonds. The number of anilines is 1. The first-order chi connectivity index (χ1) is 9.24. The van der Waals surface area contributed by atoms with Gasteiger partial charge in [-0.25, -0.2) is 0 Å². The van der Waals surface area contributed by atoms with E-state index >= 15 is 0 Å². The number of nitrogens with zero attached hydrogens (tertiary/aromatic N) is 1. The van der Waals surface area contributed by atoms with Crippen molar-refractivity contribution >= 4 is 35.1 Å². The molecule has 104 valence electrons. The van der Waals surface area contributed by atoms with E-state index < -0.39 is 0 Å². The van der Waals surface area contributed by atoms with Gasteiger partial charge in [-0.15, -0.1) is 0 Å². The predicted molar refractivity (Wildman–Crippen MR) is 83.0 cm³/mol. The molecule has 1 unspecified atom stereocenters. The Balaban J connectivity index is 1.60. The molecule has 3 rings (SSSR count). The topological polar surface area (TPSA) is 60.1 Å². The Labute approximate surface area is 121 Å². The zero-order chi connectivity index (χ0) is 13.2. The lowest BCUT2D eigenvalue weighted by atomic mass is 10.3. The van der Waals surface area contributed by atoms with Gasteiger partial charge in [0.05, 0.1) is 5.69 Å². The molecule has 1 saturated carbocycles. The molecule has 1 saturated heterocycles. The lowest BCUT2D eigenvalue weighted by molar-refractivity contribution is 0.0945. The van der Waals surface area contributed by atoms with Crippen LogP contribution in [0.5, 0.6) is 0 Å². The standard InChI is InChI=1S/C13H19N3OS2/c14-9-5-12(16(7-9)10-1-2-10)13(17)15-6-11-8-18-3-4-19-11/h5,7,10-11H,1-4,6,8,14H2,(H,15,17). The molecule has 0 bridgehead atoms. The van der Waals surface area contributed by atoms with Crippen molar-refractivity contribution in [1.82, 2.24) is 9.88 Å². The molecule has 2 aliphatic rings. The molecule has 2 heterocycles. The maximum atomic E-state index is 12.3. The second kappa shape index (κ2) is 5.71. The molecule has 19 heavy (non-hydrogen) atoms. The van der Waals surface area contributed by atoms with Crippen molar-refractivity contribution in [1.29, 1.82) is 0 Å². The van der Waals surface area contributed by atoms with Gasteiger partial charge in [0.15, 0.2) is 0 Å². The van der Waals surface area contributed by atoms with Gasteiger partial charge in [-0.3, -0.25) is 4.79 Å². The van der Waals surface area contributed by atoms with Gasteiger partial charge in [0.1, 0.15) is 5.69 Å². The van der Waals surface area contributed by atoms with Gasteiger partial charge >= 0.3 is 0 Å². The quantitative estimate of drug-likeness (QED) is 0.892. The van der Waals surface area contributed by atoms with Crippen LogP contribution >= 0.6 is 23.5 Å². The van der Waals surface area contributed by atoms with Crippen LogP contribution in [0.2, 0.25) is 0 Å². The smallest absolute Gasteiger partial charge is 0.268 e. The van der Waals surface area contributed by atoms with Crippen molar-refractivity contribution in [3.8, 4) is 0 Å². The van der Waals surface area contributed by atoms with E-state index in [1.807, 2.05) is 34.3 Å². The van der Waals surface area contributed by atoms with E-state index in [0.29, 0.717) is 22.7 Å². The predicted octanol–water partition coefficient (Wildman–Crippen LogP) is 1.98. The van der Waals surface area contributed by atoms with Gasteiger partial charge in [-0.1, -0.05) is 0 Å². The van der Waals surface area contributed by atoms with Gasteiger partial charge in [-0.2, -0.15) is 23.5 Å². The molecule has 1 atom stereocenters. The average Bonchev–Trinajstić information content (AvgIpc) is 3.20. The van der Waals surface area contributed by atoms with Gasteiger partial charge < -0.3 is 15.6 Å². The number of thioether (sulfide) groups is 2. The minimum absolute atomic E-state index is 0.0137. The first-order valence-corrected chi connectivity index (χ1v) is 8.89. The third-order valence-electron chi connectivity index (χ3n) is 3.42. The van der Waals surface area contributed by atoms with Crippen LogP contribution in [0.4, 0.5) is 5.69 Å². The summed E-state index contributed by atoms with van der Waals surface area (Å²) in [6.07, 6.45) is 4.20. The Morgan fingerprint density at radius 1 is 1.47 bits per heavy atom. The Morgan fingerprint density at radius 2 is 2.32 bits per heavy atom. The van der Waals surface area contributed by atoms with Crippen molar-refractivity contribution in [2.24, 2.45) is 0 Å². The van der Waals surface area contributed by atoms with E-state index in [1.54, 1.807) is 6.07 Å². The first-order valence-electron chi connectivity index (χ1n) is 6.69. The van der Waals surface area contributed by atoms with Crippen molar-refractivity contribution in [3.05, 3.63) is 18.0 Å². The van der Waals surface area contributed by atoms with Crippen molar-refractivity contribution in [3.63, 3.8) is 0 Å². The normalized spacial score (nSPS) is 23.3. The zero-order valence-electron chi connectivity index (χ0n) is 10.8. The fourth-order valence-corrected chi connectivity index (χ4v) is 4.90. The molecule has 4 nitrogen and oxygen atoms in total. The largest absolute Gasteiger partial charge is 0.397 e. The van der Waals surface area contributed by atoms with E-state index in [4.69, 9.17) is 5.73 Å². The van der Waals surface area contributed by atoms with Gasteiger partial charge in [0.2, 0.25) is 0 Å². The molecular formula is C13H19N3OS2. The SMILES string of the molecule is Nc1cc(C(=O)NCC2CSCCS2)n(C2CC2)c1. The van der Waals surface area contributed by atoms with Crippen molar-refractivity contribution in [2.75, 3.05) is 29.5 Å². The number of nitrogens with one attached hydrogen (secondary N) is 1. The van der Waals surface area contributed by atoms with Crippen LogP contribution in [0, 0.1) is 0 Å². The molecule has 1 aliphatic heterocycles. The summed E-state index contributed by atoms with van der Waals surface area (Å²) in [5.41, 5.74) is 7.21. The van der Waals surface area contributed by atoms with Crippen LogP contribution < -0.4 is 11.1 Å². The first kappa shape index (κ1) is 13.2. The highest BCUT2D eigenvalue weighted by Crippen LogP contribution is 2.37. The molecule has 1 aliphatic carbocycles. The lowest BCUT2D eigenvalue weighted by Crippen LogP contribution is -2.34. The second-order valence-electron chi connectivity index (χ2n) is 5.07. The van der Waals surface area contributed by atoms with Gasteiger partial charge in [0, 0.05) is 41.3 Å². The summed E-state index contributed by atoms with van der Waals surface area (Å²) in [5, 5.41) is 3.60. The highest BCUT2D eigenvalue weighted by Gasteiger charge is 2.28. The summed E-state index contributed by atoms with van der Waals surface area (Å²) in [5.74, 6) is 3.57. The number of nitrogen functional groups attached to an aromatic ring is 1. The summed E-state index contributed by atoms with van der Waals surface area (Å²) in [6, 6.07) is 2.27. The van der Waals surface area contributed by atoms with Crippen molar-refractivity contribution in [2.45, 2.75) is 24.1 Å². The van der Waals surface area contributed by atoms with Crippen LogP contribution in [0.3, 0.4) is 0 Å². The maximum Gasteiger partial charge on any atom is 0.268 e. The van der Waals surface area contributed by atoms with Gasteiger partial charge in [0.25, 0.3) is 5.91 Å². The highest BCUT2D eigenvalue weighted by atomic mass is 32.2. The molecule has 1 aromatic rings. The molecule has 3 N–H and O–H groups in total. The van der Waals surface area contributed by atoms with Crippen LogP contribution in [0.15, 0.2) is 12.3 Å². The van der Waals surface area contributed by atoms with E-state index in [2.05, 4.69) is 5.32 Å². The molecule has 0 spiro atoms. The molecule has 0 radical (unpaired) electrons. The van der Waals surface area contributed by atoms with Crippen molar-refractivity contribution < 1.29 is 4.79 Å². The fourth-order valence-electron chi connectivity index (χ4n) is 2.29. The Bertz CT molecular complexity index is 464. The Kier molecular flexibility index (Phi) is 3.98. The minimum atomic E-state index is 0.0137. The summed E-state index contributed by atoms with van der Waals surface area (Å²) in [4.78, 5) is 12.3. The van der Waals surface area contributed by atoms with Crippen LogP contribution in [0.1, 0.15) is 29.4 Å². The molecule has 2 fully saturated rings. The number of rotatable bonds is 4.